The van der Waals surface area contributed by atoms with Gasteiger partial charge in [0.15, 0.2) is 0 Å². The molecule has 0 amide bonds. The summed E-state index contributed by atoms with van der Waals surface area (Å²) >= 11 is 8.93. The van der Waals surface area contributed by atoms with Crippen molar-refractivity contribution in [3.05, 3.63) is 11.3 Å². The van der Waals surface area contributed by atoms with Gasteiger partial charge in [0, 0.05) is 6.42 Å². The van der Waals surface area contributed by atoms with E-state index in [2.05, 4.69) is 47.8 Å². The van der Waals surface area contributed by atoms with Gasteiger partial charge < -0.3 is 9.84 Å². The first-order valence-electron chi connectivity index (χ1n) is 3.92. The molecule has 0 rings (SSSR count). The fourth-order valence-corrected chi connectivity index (χ4v) is 0.946. The first-order valence-corrected chi connectivity index (χ1v) is 6.30. The lowest BCUT2D eigenvalue weighted by Gasteiger charge is -2.13. The van der Waals surface area contributed by atoms with Crippen molar-refractivity contribution < 1.29 is 19.4 Å². The van der Waals surface area contributed by atoms with Gasteiger partial charge in [-0.1, -0.05) is 6.92 Å². The van der Waals surface area contributed by atoms with Crippen LogP contribution < -0.4 is 0 Å². The molecular formula is C8H9Br3O4. The van der Waals surface area contributed by atoms with Gasteiger partial charge in [-0.05, 0) is 54.7 Å². The molecule has 0 radical (unpaired) electrons. The molecule has 0 fully saturated rings. The number of ether oxygens (including phenoxy) is 1. The number of carboxylic acid groups (broad SMARTS) is 1. The maximum Gasteiger partial charge on any atom is 0.350 e. The minimum Gasteiger partial charge on any atom is -0.478 e. The second kappa shape index (κ2) is 6.00. The molecule has 0 aliphatic rings. The SMILES string of the molecule is CC/C(OC(=O)C(Br)(Br)Br)=C(/C)C(=O)O. The van der Waals surface area contributed by atoms with Crippen LogP contribution in [0.25, 0.3) is 0 Å². The van der Waals surface area contributed by atoms with E-state index in [9.17, 15) is 9.59 Å². The highest BCUT2D eigenvalue weighted by molar-refractivity contribution is 9.40. The summed E-state index contributed by atoms with van der Waals surface area (Å²) in [5.74, 6) is -1.64. The Morgan fingerprint density at radius 1 is 1.33 bits per heavy atom. The Bertz CT molecular complexity index is 303. The molecule has 0 unspecified atom stereocenters. The van der Waals surface area contributed by atoms with Crippen molar-refractivity contribution in [2.75, 3.05) is 0 Å². The zero-order valence-corrected chi connectivity index (χ0v) is 12.8. The van der Waals surface area contributed by atoms with Gasteiger partial charge in [0.2, 0.25) is 2.14 Å². The summed E-state index contributed by atoms with van der Waals surface area (Å²) in [5, 5.41) is 8.71. The van der Waals surface area contributed by atoms with Crippen molar-refractivity contribution in [1.82, 2.24) is 0 Å². The number of hydrogen-bond acceptors (Lipinski definition) is 3. The monoisotopic (exact) mass is 406 g/mol. The van der Waals surface area contributed by atoms with E-state index in [0.29, 0.717) is 6.42 Å². The summed E-state index contributed by atoms with van der Waals surface area (Å²) < 4.78 is 3.72. The van der Waals surface area contributed by atoms with Crippen LogP contribution in [0, 0.1) is 0 Å². The van der Waals surface area contributed by atoms with Gasteiger partial charge in [0.1, 0.15) is 5.76 Å². The van der Waals surface area contributed by atoms with Crippen LogP contribution in [0.15, 0.2) is 11.3 Å². The second-order valence-corrected chi connectivity index (χ2v) is 9.36. The fourth-order valence-electron chi connectivity index (χ4n) is 0.703. The molecule has 1 N–H and O–H groups in total. The first kappa shape index (κ1) is 15.1. The number of aliphatic carboxylic acids is 1. The molecule has 7 heteroatoms. The smallest absolute Gasteiger partial charge is 0.350 e. The number of alkyl halides is 3. The van der Waals surface area contributed by atoms with Crippen molar-refractivity contribution in [3.8, 4) is 0 Å². The van der Waals surface area contributed by atoms with Crippen LogP contribution in [0.3, 0.4) is 0 Å². The lowest BCUT2D eigenvalue weighted by Crippen LogP contribution is -2.21. The topological polar surface area (TPSA) is 63.6 Å². The molecule has 0 aliphatic heterocycles. The molecular weight excluding hydrogens is 400 g/mol. The molecule has 0 aliphatic carbocycles. The Hall–Kier alpha value is 0.120. The van der Waals surface area contributed by atoms with Crippen LogP contribution in [-0.2, 0) is 14.3 Å². The van der Waals surface area contributed by atoms with E-state index >= 15 is 0 Å². The van der Waals surface area contributed by atoms with Gasteiger partial charge in [-0.3, -0.25) is 0 Å². The maximum absolute atomic E-state index is 11.4. The normalized spacial score (nSPS) is 13.1. The number of hydrogen-bond donors (Lipinski definition) is 1. The number of esters is 1. The Kier molecular flexibility index (Phi) is 6.05. The van der Waals surface area contributed by atoms with Crippen molar-refractivity contribution in [1.29, 1.82) is 0 Å². The van der Waals surface area contributed by atoms with Crippen LogP contribution in [0.4, 0.5) is 0 Å². The van der Waals surface area contributed by atoms with Crippen molar-refractivity contribution in [2.24, 2.45) is 0 Å². The molecule has 15 heavy (non-hydrogen) atoms. The van der Waals surface area contributed by atoms with Gasteiger partial charge in [-0.15, -0.1) is 0 Å². The summed E-state index contributed by atoms with van der Waals surface area (Å²) in [6.45, 7) is 3.08. The third kappa shape index (κ3) is 5.12. The lowest BCUT2D eigenvalue weighted by molar-refractivity contribution is -0.138. The second-order valence-electron chi connectivity index (χ2n) is 2.59. The summed E-state index contributed by atoms with van der Waals surface area (Å²) in [7, 11) is 0. The average molecular weight is 409 g/mol. The fraction of sp³-hybridized carbons (Fsp3) is 0.500. The first-order chi connectivity index (χ1) is 6.70. The highest BCUT2D eigenvalue weighted by Gasteiger charge is 2.32. The number of carbonyl (C=O) groups is 2. The molecule has 0 aromatic carbocycles. The quantitative estimate of drug-likeness (QED) is 0.337. The largest absolute Gasteiger partial charge is 0.478 e. The van der Waals surface area contributed by atoms with Crippen LogP contribution in [-0.4, -0.2) is 19.2 Å². The van der Waals surface area contributed by atoms with Crippen molar-refractivity contribution in [3.63, 3.8) is 0 Å². The van der Waals surface area contributed by atoms with E-state index in [1.807, 2.05) is 0 Å². The molecule has 0 bridgehead atoms. The molecule has 86 valence electrons. The number of rotatable bonds is 3. The van der Waals surface area contributed by atoms with Crippen LogP contribution >= 0.6 is 47.8 Å². The average Bonchev–Trinajstić information content (AvgIpc) is 2.10. The summed E-state index contributed by atoms with van der Waals surface area (Å²) in [4.78, 5) is 22.0. The van der Waals surface area contributed by atoms with Gasteiger partial charge in [-0.2, -0.15) is 0 Å². The van der Waals surface area contributed by atoms with Crippen LogP contribution in [0.1, 0.15) is 20.3 Å². The van der Waals surface area contributed by atoms with E-state index < -0.39 is 14.1 Å². The molecule has 0 aromatic rings. The molecule has 4 nitrogen and oxygen atoms in total. The zero-order valence-electron chi connectivity index (χ0n) is 8.01. The van der Waals surface area contributed by atoms with Gasteiger partial charge in [-0.25, -0.2) is 9.59 Å². The molecule has 0 spiro atoms. The van der Waals surface area contributed by atoms with Crippen molar-refractivity contribution in [2.45, 2.75) is 22.4 Å². The Balaban J connectivity index is 4.84. The van der Waals surface area contributed by atoms with Gasteiger partial charge >= 0.3 is 11.9 Å². The summed E-state index contributed by atoms with van der Waals surface area (Å²) in [5.41, 5.74) is 0.0163. The molecule has 0 saturated carbocycles. The Morgan fingerprint density at radius 3 is 2.07 bits per heavy atom. The number of allylic oxidation sites excluding steroid dienone is 1. The summed E-state index contributed by atoms with van der Waals surface area (Å²) in [6, 6.07) is 0. The predicted octanol–water partition coefficient (Wildman–Crippen LogP) is 3.14. The number of carboxylic acids is 1. The van der Waals surface area contributed by atoms with Crippen LogP contribution in [0.2, 0.25) is 0 Å². The van der Waals surface area contributed by atoms with Crippen molar-refractivity contribution >= 4 is 59.7 Å². The standard InChI is InChI=1S/C8H9Br3O4/c1-3-5(4(2)6(12)13)15-7(14)8(9,10)11/h3H2,1-2H3,(H,12,13)/b5-4+. The van der Waals surface area contributed by atoms with E-state index in [1.165, 1.54) is 6.92 Å². The maximum atomic E-state index is 11.4. The molecule has 0 aromatic heterocycles. The minimum atomic E-state index is -1.19. The molecule has 0 saturated heterocycles. The Labute approximate surface area is 112 Å². The van der Waals surface area contributed by atoms with E-state index in [0.717, 1.165) is 0 Å². The lowest BCUT2D eigenvalue weighted by atomic mass is 10.2. The van der Waals surface area contributed by atoms with Crippen LogP contribution in [0.5, 0.6) is 0 Å². The highest BCUT2D eigenvalue weighted by Crippen LogP contribution is 2.35. The third-order valence-corrected chi connectivity index (χ3v) is 2.48. The molecule has 0 heterocycles. The predicted molar refractivity (Wildman–Crippen MR) is 66.2 cm³/mol. The number of halogens is 3. The van der Waals surface area contributed by atoms with E-state index in [4.69, 9.17) is 9.84 Å². The van der Waals surface area contributed by atoms with E-state index in [-0.39, 0.29) is 11.3 Å². The summed E-state index contributed by atoms with van der Waals surface area (Å²) in [6.07, 6.45) is 0.326. The third-order valence-electron chi connectivity index (χ3n) is 1.51. The highest BCUT2D eigenvalue weighted by atomic mass is 80.0. The van der Waals surface area contributed by atoms with E-state index in [1.54, 1.807) is 6.92 Å². The Morgan fingerprint density at radius 2 is 1.80 bits per heavy atom. The zero-order chi connectivity index (χ0) is 12.2. The minimum absolute atomic E-state index is 0.0163. The van der Waals surface area contributed by atoms with Gasteiger partial charge in [0.25, 0.3) is 0 Å². The number of carbonyl (C=O) groups excluding carboxylic acids is 1. The molecule has 0 atom stereocenters. The van der Waals surface area contributed by atoms with Gasteiger partial charge in [0.05, 0.1) is 5.57 Å².